The molecule has 0 aliphatic carbocycles. The highest BCUT2D eigenvalue weighted by atomic mass is 32.2. The summed E-state index contributed by atoms with van der Waals surface area (Å²) in [6.07, 6.45) is 2.94. The third kappa shape index (κ3) is 4.92. The Hall–Kier alpha value is -1.67. The first-order valence-corrected chi connectivity index (χ1v) is 10.4. The van der Waals surface area contributed by atoms with E-state index in [4.69, 9.17) is 9.47 Å². The molecule has 0 saturated carbocycles. The van der Waals surface area contributed by atoms with Gasteiger partial charge in [0.1, 0.15) is 21.7 Å². The Morgan fingerprint density at radius 1 is 1.28 bits per heavy atom. The number of ether oxygens (including phenoxy) is 2. The van der Waals surface area contributed by atoms with Crippen LogP contribution in [0, 0.1) is 12.8 Å². The lowest BCUT2D eigenvalue weighted by Gasteiger charge is -2.33. The maximum Gasteiger partial charge on any atom is 0.223 e. The van der Waals surface area contributed by atoms with Crippen molar-refractivity contribution >= 4 is 15.7 Å². The fourth-order valence-electron chi connectivity index (χ4n) is 3.15. The second-order valence-corrected chi connectivity index (χ2v) is 9.00. The summed E-state index contributed by atoms with van der Waals surface area (Å²) >= 11 is 0. The quantitative estimate of drug-likeness (QED) is 0.847. The maximum absolute atomic E-state index is 12.5. The minimum Gasteiger partial charge on any atom is -0.486 e. The molecule has 2 fully saturated rings. The van der Waals surface area contributed by atoms with E-state index >= 15 is 0 Å². The van der Waals surface area contributed by atoms with Crippen molar-refractivity contribution in [2.45, 2.75) is 38.3 Å². The number of aryl methyl sites for hydroxylation is 1. The van der Waals surface area contributed by atoms with Gasteiger partial charge in [-0.3, -0.25) is 9.78 Å². The Labute approximate surface area is 148 Å². The van der Waals surface area contributed by atoms with E-state index in [1.54, 1.807) is 6.20 Å². The van der Waals surface area contributed by atoms with Gasteiger partial charge in [-0.1, -0.05) is 0 Å². The van der Waals surface area contributed by atoms with Gasteiger partial charge in [-0.25, -0.2) is 8.42 Å². The van der Waals surface area contributed by atoms with E-state index in [2.05, 4.69) is 10.3 Å². The van der Waals surface area contributed by atoms with Crippen LogP contribution < -0.4 is 10.1 Å². The molecular weight excluding hydrogens is 344 g/mol. The van der Waals surface area contributed by atoms with Crippen LogP contribution in [0.3, 0.4) is 0 Å². The lowest BCUT2D eigenvalue weighted by molar-refractivity contribution is -0.128. The van der Waals surface area contributed by atoms with E-state index < -0.39 is 9.84 Å². The summed E-state index contributed by atoms with van der Waals surface area (Å²) in [5, 5.41) is 2.99. The van der Waals surface area contributed by atoms with Crippen LogP contribution in [0.2, 0.25) is 0 Å². The minimum absolute atomic E-state index is 0.0845. The SMILES string of the molecule is Cc1ccc(OC2CCOCC2NC(=O)C2CCS(=O)(=O)CC2)cn1. The first-order valence-electron chi connectivity index (χ1n) is 8.61. The third-order valence-electron chi connectivity index (χ3n) is 4.72. The molecule has 1 aromatic heterocycles. The Bertz CT molecular complexity index is 690. The van der Waals surface area contributed by atoms with Gasteiger partial charge in [0.25, 0.3) is 0 Å². The van der Waals surface area contributed by atoms with Crippen LogP contribution in [-0.2, 0) is 19.4 Å². The first kappa shape index (κ1) is 18.1. The number of carbonyl (C=O) groups excluding carboxylic acids is 1. The average molecular weight is 368 g/mol. The Kier molecular flexibility index (Phi) is 5.58. The van der Waals surface area contributed by atoms with Crippen molar-refractivity contribution in [3.63, 3.8) is 0 Å². The molecule has 0 aromatic carbocycles. The molecule has 7 nitrogen and oxygen atoms in total. The van der Waals surface area contributed by atoms with Gasteiger partial charge in [0.05, 0.1) is 37.0 Å². The molecule has 0 spiro atoms. The van der Waals surface area contributed by atoms with E-state index in [9.17, 15) is 13.2 Å². The van der Waals surface area contributed by atoms with Gasteiger partial charge in [-0.15, -0.1) is 0 Å². The van der Waals surface area contributed by atoms with Crippen molar-refractivity contribution in [1.82, 2.24) is 10.3 Å². The highest BCUT2D eigenvalue weighted by Gasteiger charge is 2.33. The van der Waals surface area contributed by atoms with Crippen LogP contribution in [0.1, 0.15) is 25.0 Å². The molecule has 1 aromatic rings. The van der Waals surface area contributed by atoms with Crippen LogP contribution in [0.25, 0.3) is 0 Å². The molecule has 25 heavy (non-hydrogen) atoms. The van der Waals surface area contributed by atoms with Crippen molar-refractivity contribution in [1.29, 1.82) is 0 Å². The molecule has 1 amide bonds. The highest BCUT2D eigenvalue weighted by Crippen LogP contribution is 2.21. The number of nitrogens with zero attached hydrogens (tertiary/aromatic N) is 1. The number of carbonyl (C=O) groups is 1. The summed E-state index contributed by atoms with van der Waals surface area (Å²) in [5.74, 6) is 0.469. The number of sulfone groups is 1. The first-order chi connectivity index (χ1) is 11.9. The van der Waals surface area contributed by atoms with Crippen molar-refractivity contribution in [2.24, 2.45) is 5.92 Å². The molecule has 2 atom stereocenters. The molecule has 2 unspecified atom stereocenters. The molecule has 138 valence electrons. The number of aromatic nitrogens is 1. The van der Waals surface area contributed by atoms with Gasteiger partial charge in [-0.05, 0) is 31.9 Å². The number of amides is 1. The van der Waals surface area contributed by atoms with Gasteiger partial charge in [0.15, 0.2) is 0 Å². The molecule has 2 aliphatic rings. The van der Waals surface area contributed by atoms with E-state index in [0.717, 1.165) is 5.69 Å². The molecule has 3 rings (SSSR count). The van der Waals surface area contributed by atoms with E-state index in [1.807, 2.05) is 19.1 Å². The fourth-order valence-corrected chi connectivity index (χ4v) is 4.64. The third-order valence-corrected chi connectivity index (χ3v) is 6.43. The molecule has 8 heteroatoms. The summed E-state index contributed by atoms with van der Waals surface area (Å²) in [4.78, 5) is 16.7. The van der Waals surface area contributed by atoms with Crippen molar-refractivity contribution < 1.29 is 22.7 Å². The molecule has 2 aliphatic heterocycles. The summed E-state index contributed by atoms with van der Waals surface area (Å²) in [5.41, 5.74) is 0.913. The van der Waals surface area contributed by atoms with Gasteiger partial charge in [0, 0.05) is 18.0 Å². The van der Waals surface area contributed by atoms with Crippen molar-refractivity contribution in [2.75, 3.05) is 24.7 Å². The molecule has 0 bridgehead atoms. The lowest BCUT2D eigenvalue weighted by Crippen LogP contribution is -2.53. The Morgan fingerprint density at radius 2 is 2.04 bits per heavy atom. The summed E-state index contributed by atoms with van der Waals surface area (Å²) in [6.45, 7) is 2.88. The second kappa shape index (κ2) is 7.70. The number of rotatable bonds is 4. The van der Waals surface area contributed by atoms with Crippen LogP contribution in [0.15, 0.2) is 18.3 Å². The average Bonchev–Trinajstić information content (AvgIpc) is 2.58. The van der Waals surface area contributed by atoms with Crippen molar-refractivity contribution in [3.05, 3.63) is 24.0 Å². The van der Waals surface area contributed by atoms with Crippen LogP contribution in [-0.4, -0.2) is 56.2 Å². The van der Waals surface area contributed by atoms with E-state index in [0.29, 0.717) is 38.2 Å². The monoisotopic (exact) mass is 368 g/mol. The zero-order valence-corrected chi connectivity index (χ0v) is 15.1. The van der Waals surface area contributed by atoms with Crippen LogP contribution in [0.5, 0.6) is 5.75 Å². The number of hydrogen-bond acceptors (Lipinski definition) is 6. The van der Waals surface area contributed by atoms with Crippen LogP contribution >= 0.6 is 0 Å². The molecule has 1 N–H and O–H groups in total. The number of nitrogens with one attached hydrogen (secondary N) is 1. The second-order valence-electron chi connectivity index (χ2n) is 6.70. The zero-order valence-electron chi connectivity index (χ0n) is 14.3. The minimum atomic E-state index is -2.97. The predicted molar refractivity (Wildman–Crippen MR) is 92.1 cm³/mol. The summed E-state index contributed by atoms with van der Waals surface area (Å²) in [6, 6.07) is 3.49. The van der Waals surface area contributed by atoms with Gasteiger partial charge in [0.2, 0.25) is 5.91 Å². The number of hydrogen-bond donors (Lipinski definition) is 1. The lowest BCUT2D eigenvalue weighted by atomic mass is 10.00. The fraction of sp³-hybridized carbons (Fsp3) is 0.647. The van der Waals surface area contributed by atoms with E-state index in [1.165, 1.54) is 0 Å². The van der Waals surface area contributed by atoms with Crippen LogP contribution in [0.4, 0.5) is 0 Å². The predicted octanol–water partition coefficient (Wildman–Crippen LogP) is 0.867. The van der Waals surface area contributed by atoms with Gasteiger partial charge < -0.3 is 14.8 Å². The zero-order chi connectivity index (χ0) is 17.9. The standard InChI is InChI=1S/C17H24N2O5S/c1-12-2-3-14(10-18-12)24-16-4-7-23-11-15(16)19-17(20)13-5-8-25(21,22)9-6-13/h2-3,10,13,15-16H,4-9,11H2,1H3,(H,19,20). The molecular formula is C17H24N2O5S. The molecule has 2 saturated heterocycles. The van der Waals surface area contributed by atoms with Gasteiger partial charge >= 0.3 is 0 Å². The summed E-state index contributed by atoms with van der Waals surface area (Å²) in [7, 11) is -2.97. The normalized spacial score (nSPS) is 26.8. The topological polar surface area (TPSA) is 94.6 Å². The van der Waals surface area contributed by atoms with Crippen molar-refractivity contribution in [3.8, 4) is 5.75 Å². The Morgan fingerprint density at radius 3 is 2.72 bits per heavy atom. The Balaban J connectivity index is 1.59. The highest BCUT2D eigenvalue weighted by molar-refractivity contribution is 7.91. The molecule has 0 radical (unpaired) electrons. The van der Waals surface area contributed by atoms with E-state index in [-0.39, 0.29) is 35.5 Å². The van der Waals surface area contributed by atoms with Gasteiger partial charge in [-0.2, -0.15) is 0 Å². The number of pyridine rings is 1. The molecule has 3 heterocycles. The largest absolute Gasteiger partial charge is 0.486 e. The summed E-state index contributed by atoms with van der Waals surface area (Å²) < 4.78 is 34.5. The maximum atomic E-state index is 12.5. The smallest absolute Gasteiger partial charge is 0.223 e.